The Hall–Kier alpha value is -2.12. The van der Waals surface area contributed by atoms with Crippen LogP contribution < -0.4 is 4.74 Å². The number of nitrogens with zero attached hydrogens (tertiary/aromatic N) is 1. The van der Waals surface area contributed by atoms with Crippen molar-refractivity contribution in [2.75, 3.05) is 0 Å². The van der Waals surface area contributed by atoms with Crippen LogP contribution in [0, 0.1) is 23.0 Å². The summed E-state index contributed by atoms with van der Waals surface area (Å²) in [7, 11) is 0. The first-order valence-electron chi connectivity index (χ1n) is 5.36. The van der Waals surface area contributed by atoms with Gasteiger partial charge in [-0.3, -0.25) is 0 Å². The summed E-state index contributed by atoms with van der Waals surface area (Å²) < 4.78 is 32.3. The highest BCUT2D eigenvalue weighted by Gasteiger charge is 2.10. The molecule has 0 bridgehead atoms. The molecule has 2 aromatic rings. The van der Waals surface area contributed by atoms with E-state index in [4.69, 9.17) is 21.6 Å². The number of nitriles is 1. The van der Waals surface area contributed by atoms with Crippen molar-refractivity contribution in [2.24, 2.45) is 0 Å². The van der Waals surface area contributed by atoms with Crippen LogP contribution >= 0.6 is 11.6 Å². The molecule has 0 radical (unpaired) electrons. The Morgan fingerprint density at radius 1 is 1.16 bits per heavy atom. The molecule has 0 fully saturated rings. The third-order valence-electron chi connectivity index (χ3n) is 2.50. The van der Waals surface area contributed by atoms with Gasteiger partial charge in [-0.15, -0.1) is 11.6 Å². The van der Waals surface area contributed by atoms with Crippen LogP contribution in [-0.2, 0) is 5.88 Å². The monoisotopic (exact) mass is 279 g/mol. The van der Waals surface area contributed by atoms with Crippen LogP contribution in [0.25, 0.3) is 0 Å². The first-order chi connectivity index (χ1) is 9.15. The Morgan fingerprint density at radius 2 is 1.95 bits per heavy atom. The van der Waals surface area contributed by atoms with Gasteiger partial charge in [0.1, 0.15) is 29.2 Å². The number of ether oxygens (including phenoxy) is 1. The standard InChI is InChI=1S/C14H8ClF2NO/c15-7-11-12(16)2-1-3-14(11)19-10-5-4-9(8-18)13(17)6-10/h1-6H,7H2. The van der Waals surface area contributed by atoms with E-state index < -0.39 is 11.6 Å². The fourth-order valence-corrected chi connectivity index (χ4v) is 1.80. The molecule has 0 aromatic heterocycles. The summed E-state index contributed by atoms with van der Waals surface area (Å²) in [6.45, 7) is 0. The first-order valence-corrected chi connectivity index (χ1v) is 5.90. The zero-order valence-corrected chi connectivity index (χ0v) is 10.4. The number of halogens is 3. The maximum absolute atomic E-state index is 13.5. The van der Waals surface area contributed by atoms with Crippen molar-refractivity contribution >= 4 is 11.6 Å². The van der Waals surface area contributed by atoms with Crippen molar-refractivity contribution in [1.29, 1.82) is 5.26 Å². The lowest BCUT2D eigenvalue weighted by Crippen LogP contribution is -1.94. The minimum atomic E-state index is -0.691. The molecule has 0 saturated heterocycles. The lowest BCUT2D eigenvalue weighted by atomic mass is 10.2. The molecule has 2 aromatic carbocycles. The summed E-state index contributed by atoms with van der Waals surface area (Å²) in [6, 6.07) is 9.79. The highest BCUT2D eigenvalue weighted by atomic mass is 35.5. The molecule has 0 N–H and O–H groups in total. The van der Waals surface area contributed by atoms with Gasteiger partial charge in [-0.2, -0.15) is 5.26 Å². The van der Waals surface area contributed by atoms with Gasteiger partial charge >= 0.3 is 0 Å². The lowest BCUT2D eigenvalue weighted by molar-refractivity contribution is 0.465. The molecule has 0 atom stereocenters. The fraction of sp³-hybridized carbons (Fsp3) is 0.0714. The van der Waals surface area contributed by atoms with Crippen LogP contribution in [0.2, 0.25) is 0 Å². The van der Waals surface area contributed by atoms with Gasteiger partial charge < -0.3 is 4.74 Å². The minimum Gasteiger partial charge on any atom is -0.457 e. The molecule has 0 heterocycles. The Bertz CT molecular complexity index is 652. The number of alkyl halides is 1. The first kappa shape index (κ1) is 13.3. The van der Waals surface area contributed by atoms with E-state index in [0.717, 1.165) is 6.07 Å². The summed E-state index contributed by atoms with van der Waals surface area (Å²) in [6.07, 6.45) is 0. The average molecular weight is 280 g/mol. The van der Waals surface area contributed by atoms with Crippen LogP contribution in [0.1, 0.15) is 11.1 Å². The Balaban J connectivity index is 2.34. The van der Waals surface area contributed by atoms with Gasteiger partial charge in [0.05, 0.1) is 11.4 Å². The molecule has 0 amide bonds. The lowest BCUT2D eigenvalue weighted by Gasteiger charge is -2.10. The molecule has 96 valence electrons. The van der Waals surface area contributed by atoms with E-state index >= 15 is 0 Å². The second-order valence-corrected chi connectivity index (χ2v) is 3.97. The SMILES string of the molecule is N#Cc1ccc(Oc2cccc(F)c2CCl)cc1F. The summed E-state index contributed by atoms with van der Waals surface area (Å²) in [5.74, 6) is -0.834. The Morgan fingerprint density at radius 3 is 2.58 bits per heavy atom. The number of benzene rings is 2. The van der Waals surface area contributed by atoms with Crippen LogP contribution in [0.15, 0.2) is 36.4 Å². The van der Waals surface area contributed by atoms with Gasteiger partial charge in [-0.25, -0.2) is 8.78 Å². The van der Waals surface area contributed by atoms with Crippen molar-refractivity contribution < 1.29 is 13.5 Å². The molecular formula is C14H8ClF2NO. The van der Waals surface area contributed by atoms with Gasteiger partial charge in [0.2, 0.25) is 0 Å². The van der Waals surface area contributed by atoms with E-state index in [1.54, 1.807) is 6.07 Å². The highest BCUT2D eigenvalue weighted by Crippen LogP contribution is 2.29. The van der Waals surface area contributed by atoms with E-state index in [9.17, 15) is 8.78 Å². The van der Waals surface area contributed by atoms with E-state index in [2.05, 4.69) is 0 Å². The van der Waals surface area contributed by atoms with Gasteiger partial charge in [0.25, 0.3) is 0 Å². The predicted molar refractivity (Wildman–Crippen MR) is 67.1 cm³/mol. The van der Waals surface area contributed by atoms with E-state index in [-0.39, 0.29) is 28.5 Å². The summed E-state index contributed by atoms with van der Waals surface area (Å²) >= 11 is 5.65. The van der Waals surface area contributed by atoms with Gasteiger partial charge in [0, 0.05) is 11.6 Å². The normalized spacial score (nSPS) is 10.0. The molecule has 0 aliphatic carbocycles. The van der Waals surface area contributed by atoms with E-state index in [1.807, 2.05) is 0 Å². The topological polar surface area (TPSA) is 33.0 Å². The largest absolute Gasteiger partial charge is 0.457 e. The highest BCUT2D eigenvalue weighted by molar-refractivity contribution is 6.17. The number of hydrogen-bond acceptors (Lipinski definition) is 2. The molecule has 2 rings (SSSR count). The molecule has 0 unspecified atom stereocenters. The molecule has 0 spiro atoms. The maximum atomic E-state index is 13.5. The third kappa shape index (κ3) is 2.83. The van der Waals surface area contributed by atoms with Crippen LogP contribution in [0.5, 0.6) is 11.5 Å². The third-order valence-corrected chi connectivity index (χ3v) is 2.77. The molecule has 5 heteroatoms. The smallest absolute Gasteiger partial charge is 0.144 e. The van der Waals surface area contributed by atoms with Gasteiger partial charge in [0.15, 0.2) is 0 Å². The Kier molecular flexibility index (Phi) is 3.98. The second kappa shape index (κ2) is 5.68. The summed E-state index contributed by atoms with van der Waals surface area (Å²) in [5.41, 5.74) is 0.123. The molecule has 0 saturated carbocycles. The van der Waals surface area contributed by atoms with E-state index in [1.165, 1.54) is 30.3 Å². The average Bonchev–Trinajstić information content (AvgIpc) is 2.39. The summed E-state index contributed by atoms with van der Waals surface area (Å²) in [4.78, 5) is 0. The zero-order chi connectivity index (χ0) is 13.8. The zero-order valence-electron chi connectivity index (χ0n) is 9.66. The van der Waals surface area contributed by atoms with Crippen molar-refractivity contribution in [2.45, 2.75) is 5.88 Å². The van der Waals surface area contributed by atoms with Gasteiger partial charge in [-0.1, -0.05) is 6.07 Å². The quantitative estimate of drug-likeness (QED) is 0.782. The summed E-state index contributed by atoms with van der Waals surface area (Å²) in [5, 5.41) is 8.62. The van der Waals surface area contributed by atoms with Crippen molar-refractivity contribution in [1.82, 2.24) is 0 Å². The predicted octanol–water partition coefficient (Wildman–Crippen LogP) is 4.37. The van der Waals surface area contributed by atoms with Crippen molar-refractivity contribution in [3.63, 3.8) is 0 Å². The maximum Gasteiger partial charge on any atom is 0.144 e. The fourth-order valence-electron chi connectivity index (χ4n) is 1.54. The van der Waals surface area contributed by atoms with Crippen LogP contribution in [-0.4, -0.2) is 0 Å². The molecule has 0 aliphatic rings. The van der Waals surface area contributed by atoms with Crippen LogP contribution in [0.4, 0.5) is 8.78 Å². The molecular weight excluding hydrogens is 272 g/mol. The van der Waals surface area contributed by atoms with Crippen LogP contribution in [0.3, 0.4) is 0 Å². The molecule has 2 nitrogen and oxygen atoms in total. The van der Waals surface area contributed by atoms with Gasteiger partial charge in [-0.05, 0) is 24.3 Å². The second-order valence-electron chi connectivity index (χ2n) is 3.71. The number of rotatable bonds is 3. The minimum absolute atomic E-state index is 0.0548. The molecule has 19 heavy (non-hydrogen) atoms. The van der Waals surface area contributed by atoms with Crippen molar-refractivity contribution in [3.05, 3.63) is 59.2 Å². The van der Waals surface area contributed by atoms with Crippen molar-refractivity contribution in [3.8, 4) is 17.6 Å². The number of hydrogen-bond donors (Lipinski definition) is 0. The van der Waals surface area contributed by atoms with E-state index in [0.29, 0.717) is 0 Å². The molecule has 0 aliphatic heterocycles. The Labute approximate surface area is 113 Å².